The Kier molecular flexibility index (Phi) is 6.80. The van der Waals surface area contributed by atoms with E-state index in [1.54, 1.807) is 7.11 Å². The van der Waals surface area contributed by atoms with Gasteiger partial charge in [0.1, 0.15) is 17.3 Å². The highest BCUT2D eigenvalue weighted by Gasteiger charge is 2.33. The third kappa shape index (κ3) is 4.87. The predicted octanol–water partition coefficient (Wildman–Crippen LogP) is 5.87. The highest BCUT2D eigenvalue weighted by molar-refractivity contribution is 6.25. The first kappa shape index (κ1) is 23.7. The summed E-state index contributed by atoms with van der Waals surface area (Å²) >= 11 is 0. The number of aliphatic imine (C=N–C) groups is 1. The summed E-state index contributed by atoms with van der Waals surface area (Å²) in [5, 5.41) is 15.2. The van der Waals surface area contributed by atoms with Gasteiger partial charge in [0.2, 0.25) is 0 Å². The van der Waals surface area contributed by atoms with E-state index in [0.717, 1.165) is 12.0 Å². The van der Waals surface area contributed by atoms with Crippen LogP contribution < -0.4 is 4.74 Å². The van der Waals surface area contributed by atoms with E-state index >= 15 is 0 Å². The van der Waals surface area contributed by atoms with E-state index < -0.39 is 0 Å². The zero-order valence-electron chi connectivity index (χ0n) is 20.2. The quantitative estimate of drug-likeness (QED) is 0.347. The fraction of sp³-hybridized carbons (Fsp3) is 0.310. The molecule has 0 aliphatic heterocycles. The lowest BCUT2D eigenvalue weighted by Crippen LogP contribution is -2.26. The second kappa shape index (κ2) is 10.3. The van der Waals surface area contributed by atoms with Crippen molar-refractivity contribution in [1.29, 1.82) is 0 Å². The van der Waals surface area contributed by atoms with Crippen molar-refractivity contribution in [2.45, 2.75) is 50.9 Å². The predicted molar refractivity (Wildman–Crippen MR) is 135 cm³/mol. The molecule has 1 fully saturated rings. The fourth-order valence-corrected chi connectivity index (χ4v) is 5.01. The molecule has 5 rings (SSSR count). The number of Topliss-reactive ketones (excluding diaryl/α,β-unsaturated/α-hetero) is 2. The number of fused-ring (bicyclic) bond motifs is 1. The summed E-state index contributed by atoms with van der Waals surface area (Å²) < 4.78 is 10.6. The Labute approximate surface area is 209 Å². The maximum atomic E-state index is 13.4. The summed E-state index contributed by atoms with van der Waals surface area (Å²) in [5.74, 6) is 1.17. The number of hydrogen-bond donors (Lipinski definition) is 1. The molecule has 3 aromatic rings. The Morgan fingerprint density at radius 1 is 1.06 bits per heavy atom. The molecule has 0 amide bonds. The third-order valence-corrected chi connectivity index (χ3v) is 6.85. The average molecular weight is 485 g/mol. The van der Waals surface area contributed by atoms with Gasteiger partial charge in [-0.2, -0.15) is 0 Å². The molecule has 1 unspecified atom stereocenters. The third-order valence-electron chi connectivity index (χ3n) is 6.85. The molecule has 1 N–H and O–H groups in total. The van der Waals surface area contributed by atoms with Crippen LogP contribution in [0.2, 0.25) is 0 Å². The van der Waals surface area contributed by atoms with E-state index in [9.17, 15) is 14.7 Å². The second-order valence-corrected chi connectivity index (χ2v) is 9.22. The van der Waals surface area contributed by atoms with Crippen LogP contribution in [-0.4, -0.2) is 34.7 Å². The van der Waals surface area contributed by atoms with Gasteiger partial charge >= 0.3 is 0 Å². The highest BCUT2D eigenvalue weighted by atomic mass is 16.5. The van der Waals surface area contributed by atoms with Crippen LogP contribution in [0.5, 0.6) is 5.75 Å². The van der Waals surface area contributed by atoms with E-state index in [4.69, 9.17) is 14.3 Å². The van der Waals surface area contributed by atoms with Gasteiger partial charge in [0, 0.05) is 32.1 Å². The Morgan fingerprint density at radius 3 is 2.58 bits per heavy atom. The van der Waals surface area contributed by atoms with Crippen LogP contribution in [0.4, 0.5) is 5.69 Å². The number of rotatable bonds is 6. The molecule has 1 saturated carbocycles. The first-order valence-corrected chi connectivity index (χ1v) is 12.3. The topological polar surface area (TPSA) is 102 Å². The van der Waals surface area contributed by atoms with Gasteiger partial charge in [-0.1, -0.05) is 35.5 Å². The number of carbonyl (C=O) groups is 2. The SMILES string of the molecule is COc1ccc(N=C2CC(c3ccccc3)CC(=O)/C2=C(/O)CCc2noc3c2C(=O)CCC3)cc1. The normalized spacial score (nSPS) is 20.4. The van der Waals surface area contributed by atoms with Crippen LogP contribution in [0.1, 0.15) is 65.4 Å². The summed E-state index contributed by atoms with van der Waals surface area (Å²) in [6.45, 7) is 0. The van der Waals surface area contributed by atoms with Crippen LogP contribution in [0, 0.1) is 0 Å². The molecule has 2 aliphatic carbocycles. The number of methoxy groups -OCH3 is 1. The van der Waals surface area contributed by atoms with Crippen LogP contribution >= 0.6 is 0 Å². The van der Waals surface area contributed by atoms with Crippen LogP contribution in [0.25, 0.3) is 0 Å². The molecule has 36 heavy (non-hydrogen) atoms. The number of aryl methyl sites for hydroxylation is 2. The van der Waals surface area contributed by atoms with E-state index in [1.165, 1.54) is 0 Å². The number of carbonyl (C=O) groups excluding carboxylic acids is 2. The molecule has 2 aliphatic rings. The number of ketones is 2. The number of ether oxygens (including phenoxy) is 1. The van der Waals surface area contributed by atoms with E-state index in [0.29, 0.717) is 66.3 Å². The number of benzene rings is 2. The van der Waals surface area contributed by atoms with Crippen molar-refractivity contribution in [1.82, 2.24) is 5.16 Å². The fourth-order valence-electron chi connectivity index (χ4n) is 5.01. The van der Waals surface area contributed by atoms with Crippen molar-refractivity contribution < 1.29 is 24.0 Å². The molecule has 0 saturated heterocycles. The van der Waals surface area contributed by atoms with Gasteiger partial charge in [-0.15, -0.1) is 0 Å². The number of aromatic nitrogens is 1. The van der Waals surface area contributed by atoms with Crippen molar-refractivity contribution in [2.75, 3.05) is 7.11 Å². The first-order valence-electron chi connectivity index (χ1n) is 12.3. The number of aliphatic hydroxyl groups is 1. The van der Waals surface area contributed by atoms with Gasteiger partial charge in [-0.3, -0.25) is 14.6 Å². The van der Waals surface area contributed by atoms with E-state index in [2.05, 4.69) is 5.16 Å². The Morgan fingerprint density at radius 2 is 1.83 bits per heavy atom. The summed E-state index contributed by atoms with van der Waals surface area (Å²) in [6, 6.07) is 17.2. The molecule has 184 valence electrons. The van der Waals surface area contributed by atoms with Gasteiger partial charge in [0.15, 0.2) is 11.6 Å². The number of nitrogens with zero attached hydrogens (tertiary/aromatic N) is 2. The van der Waals surface area contributed by atoms with Crippen molar-refractivity contribution in [3.8, 4) is 5.75 Å². The number of allylic oxidation sites excluding steroid dienone is 2. The zero-order chi connectivity index (χ0) is 25.1. The van der Waals surface area contributed by atoms with Crippen molar-refractivity contribution >= 4 is 23.0 Å². The van der Waals surface area contributed by atoms with Gasteiger partial charge in [0.25, 0.3) is 0 Å². The molecule has 1 aromatic heterocycles. The summed E-state index contributed by atoms with van der Waals surface area (Å²) in [7, 11) is 1.60. The molecule has 0 radical (unpaired) electrons. The number of hydrogen-bond acceptors (Lipinski definition) is 7. The smallest absolute Gasteiger partial charge is 0.168 e. The molecule has 0 bridgehead atoms. The molecule has 1 heterocycles. The average Bonchev–Trinajstić information content (AvgIpc) is 3.32. The molecule has 7 heteroatoms. The molecule has 1 atom stereocenters. The lowest BCUT2D eigenvalue weighted by atomic mass is 9.78. The van der Waals surface area contributed by atoms with Gasteiger partial charge in [-0.25, -0.2) is 0 Å². The summed E-state index contributed by atoms with van der Waals surface area (Å²) in [6.07, 6.45) is 3.24. The Balaban J connectivity index is 1.46. The second-order valence-electron chi connectivity index (χ2n) is 9.22. The van der Waals surface area contributed by atoms with Gasteiger partial charge in [-0.05, 0) is 48.6 Å². The Hall–Kier alpha value is -4.00. The highest BCUT2D eigenvalue weighted by Crippen LogP contribution is 2.35. The molecule has 2 aromatic carbocycles. The van der Waals surface area contributed by atoms with E-state index in [-0.39, 0.29) is 35.2 Å². The minimum Gasteiger partial charge on any atom is -0.511 e. The lowest BCUT2D eigenvalue weighted by Gasteiger charge is -2.26. The Bertz CT molecular complexity index is 1340. The van der Waals surface area contributed by atoms with E-state index in [1.807, 2.05) is 54.6 Å². The van der Waals surface area contributed by atoms with Crippen LogP contribution in [0.15, 0.2) is 75.4 Å². The standard InChI is InChI=1S/C29H28N2O5/c1-35-21-12-10-20(11-13-21)30-23-16-19(18-6-3-2-4-7-18)17-26(34)28(23)25(33)15-14-22-29-24(32)8-5-9-27(29)36-31-22/h2-4,6-7,10-13,19,33H,5,8-9,14-17H2,1H3/b28-25+,30-23?. The maximum absolute atomic E-state index is 13.4. The zero-order valence-corrected chi connectivity index (χ0v) is 20.2. The van der Waals surface area contributed by atoms with Crippen molar-refractivity contribution in [3.63, 3.8) is 0 Å². The van der Waals surface area contributed by atoms with Crippen molar-refractivity contribution in [3.05, 3.63) is 88.5 Å². The largest absolute Gasteiger partial charge is 0.511 e. The maximum Gasteiger partial charge on any atom is 0.168 e. The minimum absolute atomic E-state index is 0.0209. The summed E-state index contributed by atoms with van der Waals surface area (Å²) in [4.78, 5) is 30.5. The lowest BCUT2D eigenvalue weighted by molar-refractivity contribution is -0.116. The number of aliphatic hydroxyl groups excluding tert-OH is 1. The molecular weight excluding hydrogens is 456 g/mol. The minimum atomic E-state index is -0.141. The molecule has 0 spiro atoms. The van der Waals surface area contributed by atoms with Crippen LogP contribution in [-0.2, 0) is 17.6 Å². The monoisotopic (exact) mass is 484 g/mol. The molecular formula is C29H28N2O5. The van der Waals surface area contributed by atoms with Crippen LogP contribution in [0.3, 0.4) is 0 Å². The van der Waals surface area contributed by atoms with Crippen molar-refractivity contribution in [2.24, 2.45) is 4.99 Å². The summed E-state index contributed by atoms with van der Waals surface area (Å²) in [5.41, 5.74) is 3.65. The first-order chi connectivity index (χ1) is 17.5. The van der Waals surface area contributed by atoms with Gasteiger partial charge in [0.05, 0.1) is 35.3 Å². The molecule has 7 nitrogen and oxygen atoms in total. The van der Waals surface area contributed by atoms with Gasteiger partial charge < -0.3 is 14.4 Å².